The van der Waals surface area contributed by atoms with Crippen molar-refractivity contribution in [2.45, 2.75) is 86.4 Å². The van der Waals surface area contributed by atoms with Crippen LogP contribution in [0, 0.1) is 11.8 Å². The third-order valence-corrected chi connectivity index (χ3v) is 22.6. The second-order valence-corrected chi connectivity index (χ2v) is 27.3. The van der Waals surface area contributed by atoms with Gasteiger partial charge in [0, 0.05) is 72.4 Å². The molecule has 5 heterocycles. The number of rotatable bonds is 2. The van der Waals surface area contributed by atoms with Crippen molar-refractivity contribution in [1.29, 1.82) is 0 Å². The van der Waals surface area contributed by atoms with E-state index in [2.05, 4.69) is 237 Å². The highest BCUT2D eigenvalue weighted by Crippen LogP contribution is 2.60. The summed E-state index contributed by atoms with van der Waals surface area (Å²) < 4.78 is -0.179. The van der Waals surface area contributed by atoms with Gasteiger partial charge in [-0.15, -0.1) is 11.8 Å². The normalized spacial score (nSPS) is 22.9. The van der Waals surface area contributed by atoms with Crippen LogP contribution in [-0.2, 0) is 12.8 Å². The lowest BCUT2D eigenvalue weighted by Gasteiger charge is -2.50. The third-order valence-electron chi connectivity index (χ3n) is 16.5. The van der Waals surface area contributed by atoms with Crippen molar-refractivity contribution in [3.8, 4) is 0 Å². The Bertz CT molecular complexity index is 3720. The number of allylic oxidation sites excluding steroid dienone is 8. The Labute approximate surface area is 458 Å². The molecule has 0 N–H and O–H groups in total. The van der Waals surface area contributed by atoms with E-state index in [1.165, 1.54) is 117 Å². The van der Waals surface area contributed by atoms with Crippen molar-refractivity contribution < 1.29 is 0 Å². The summed E-state index contributed by atoms with van der Waals surface area (Å²) in [5.74, 6) is 1.12. The van der Waals surface area contributed by atoms with Crippen molar-refractivity contribution >= 4 is 117 Å². The van der Waals surface area contributed by atoms with E-state index < -0.39 is 0 Å². The number of para-hydroxylation sites is 2. The number of nitrogens with zero attached hydrogens (tertiary/aromatic N) is 2. The molecule has 7 aromatic carbocycles. The van der Waals surface area contributed by atoms with Gasteiger partial charge in [-0.2, -0.15) is 0 Å². The lowest BCUT2D eigenvalue weighted by atomic mass is 9.30. The Balaban J connectivity index is 0.932. The second-order valence-electron chi connectivity index (χ2n) is 21.3. The lowest BCUT2D eigenvalue weighted by Crippen LogP contribution is -2.58. The first-order chi connectivity index (χ1) is 36.3. The number of hydrogen-bond donors (Lipinski definition) is 0. The topological polar surface area (TPSA) is 6.48 Å². The van der Waals surface area contributed by atoms with Gasteiger partial charge in [0.05, 0.1) is 5.70 Å². The molecule has 0 spiro atoms. The van der Waals surface area contributed by atoms with Gasteiger partial charge in [0.2, 0.25) is 13.4 Å². The summed E-state index contributed by atoms with van der Waals surface area (Å²) in [6, 6.07) is 60.6. The average Bonchev–Trinajstić information content (AvgIpc) is 3.46. The summed E-state index contributed by atoms with van der Waals surface area (Å²) in [6.45, 7) is 7.80. The summed E-state index contributed by atoms with van der Waals surface area (Å²) in [5.41, 5.74) is 17.7. The first kappa shape index (κ1) is 45.8. The molecule has 3 aliphatic carbocycles. The minimum Gasteiger partial charge on any atom is -0.313 e. The Kier molecular flexibility index (Phi) is 11.2. The maximum atomic E-state index is 2.69. The standard InChI is InChI=1S/C65H52B2N2S5/c1-40-28-33-58-53(35-40)68(44-31-34-56-49(37-44)66-46-17-6-11-22-54(46)70-59-25-14-26-60(71-56)63(59)66)50-20-9-4-15-42(50)29-30-43-16-5-10-21-51(43)69(52-32-27-41(2)36-61(52)73-58)45-38-62-64-65(3,39-45)74-57-24-13-8-19-48(57)67(64)47-18-7-12-23-55(47)72-62/h4-28,31-34,37-41,64H,29-30,35-36H2,1-3H3. The highest BCUT2D eigenvalue weighted by Gasteiger charge is 2.53. The number of thioether (sulfide) groups is 3. The molecule has 4 atom stereocenters. The van der Waals surface area contributed by atoms with Crippen LogP contribution in [0.2, 0.25) is 5.82 Å². The van der Waals surface area contributed by atoms with Crippen molar-refractivity contribution in [3.63, 3.8) is 0 Å². The highest BCUT2D eigenvalue weighted by atomic mass is 32.2. The molecule has 0 fully saturated rings. The zero-order valence-electron chi connectivity index (χ0n) is 41.6. The zero-order valence-corrected chi connectivity index (χ0v) is 45.7. The van der Waals surface area contributed by atoms with Crippen LogP contribution in [0.15, 0.2) is 255 Å². The number of aryl methyl sites for hydroxylation is 2. The summed E-state index contributed by atoms with van der Waals surface area (Å²) >= 11 is 9.97. The Hall–Kier alpha value is -5.54. The molecule has 8 aliphatic rings. The monoisotopic (exact) mass is 1040 g/mol. The van der Waals surface area contributed by atoms with Crippen LogP contribution in [0.4, 0.5) is 17.1 Å². The van der Waals surface area contributed by atoms with Gasteiger partial charge in [0.25, 0.3) is 0 Å². The van der Waals surface area contributed by atoms with Gasteiger partial charge in [-0.3, -0.25) is 0 Å². The van der Waals surface area contributed by atoms with Crippen LogP contribution in [0.25, 0.3) is 0 Å². The van der Waals surface area contributed by atoms with E-state index in [9.17, 15) is 0 Å². The smallest absolute Gasteiger partial charge is 0.247 e. The maximum Gasteiger partial charge on any atom is 0.247 e. The fraction of sp³-hybridized carbons (Fsp3) is 0.169. The van der Waals surface area contributed by atoms with E-state index in [1.807, 2.05) is 47.0 Å². The quantitative estimate of drug-likeness (QED) is 0.157. The molecule has 0 bridgehead atoms. The predicted molar refractivity (Wildman–Crippen MR) is 323 cm³/mol. The molecule has 9 heteroatoms. The van der Waals surface area contributed by atoms with E-state index in [0.717, 1.165) is 25.7 Å². The molecular formula is C65H52B2N2S5. The minimum absolute atomic E-state index is 0.177. The van der Waals surface area contributed by atoms with Crippen molar-refractivity contribution in [3.05, 3.63) is 237 Å². The SMILES string of the molecule is CC1C=CC2=C(C1)SC1=C(CC(C)C=C1)N(c1ccc3c(c1)B1c4ccccc4Sc4cccc(c41)S3)c1ccccc1CCc1ccccc1N2C1=CC2(C)Sc3ccccc3B3c4ccccc4SC(=C1)C32. The van der Waals surface area contributed by atoms with E-state index >= 15 is 0 Å². The van der Waals surface area contributed by atoms with E-state index in [1.54, 1.807) is 0 Å². The molecule has 7 aromatic rings. The Morgan fingerprint density at radius 3 is 1.89 bits per heavy atom. The fourth-order valence-electron chi connectivity index (χ4n) is 13.2. The van der Waals surface area contributed by atoms with Crippen LogP contribution in [-0.4, -0.2) is 18.2 Å². The van der Waals surface area contributed by atoms with Crippen LogP contribution >= 0.6 is 58.8 Å². The third kappa shape index (κ3) is 7.45. The maximum absolute atomic E-state index is 2.69. The molecule has 0 radical (unpaired) electrons. The minimum atomic E-state index is -0.179. The molecule has 0 saturated carbocycles. The second kappa shape index (κ2) is 18.1. The predicted octanol–water partition coefficient (Wildman–Crippen LogP) is 14.7. The van der Waals surface area contributed by atoms with Crippen LogP contribution < -0.4 is 37.1 Å². The molecule has 0 saturated heterocycles. The van der Waals surface area contributed by atoms with Crippen molar-refractivity contribution in [2.24, 2.45) is 11.8 Å². The molecule has 2 nitrogen and oxygen atoms in total. The van der Waals surface area contributed by atoms with Crippen molar-refractivity contribution in [2.75, 3.05) is 9.80 Å². The molecule has 358 valence electrons. The molecule has 0 amide bonds. The van der Waals surface area contributed by atoms with E-state index in [0.29, 0.717) is 24.4 Å². The number of fused-ring (bicyclic) bond motifs is 10. The Morgan fingerprint density at radius 1 is 0.541 bits per heavy atom. The average molecular weight is 1040 g/mol. The van der Waals surface area contributed by atoms with Crippen molar-refractivity contribution in [1.82, 2.24) is 0 Å². The highest BCUT2D eigenvalue weighted by molar-refractivity contribution is 8.07. The summed E-state index contributed by atoms with van der Waals surface area (Å²) in [7, 11) is 0. The van der Waals surface area contributed by atoms with Gasteiger partial charge in [0.1, 0.15) is 0 Å². The lowest BCUT2D eigenvalue weighted by molar-refractivity contribution is 0.693. The zero-order chi connectivity index (χ0) is 49.2. The van der Waals surface area contributed by atoms with Gasteiger partial charge in [-0.25, -0.2) is 0 Å². The molecule has 4 unspecified atom stereocenters. The van der Waals surface area contributed by atoms with Crippen LogP contribution in [0.5, 0.6) is 0 Å². The van der Waals surface area contributed by atoms with Gasteiger partial charge in [0.15, 0.2) is 0 Å². The number of anilines is 3. The number of benzene rings is 7. The first-order valence-electron chi connectivity index (χ1n) is 26.3. The number of hydrogen-bond acceptors (Lipinski definition) is 7. The van der Waals surface area contributed by atoms with Crippen LogP contribution in [0.3, 0.4) is 0 Å². The molecule has 15 rings (SSSR count). The molecule has 5 aliphatic heterocycles. The fourth-order valence-corrected chi connectivity index (χ4v) is 19.8. The first-order valence-corrected chi connectivity index (χ1v) is 30.4. The van der Waals surface area contributed by atoms with Gasteiger partial charge < -0.3 is 9.80 Å². The van der Waals surface area contributed by atoms with Gasteiger partial charge in [-0.05, 0) is 151 Å². The summed E-state index contributed by atoms with van der Waals surface area (Å²) in [5, 5.41) is 0. The van der Waals surface area contributed by atoms with E-state index in [4.69, 9.17) is 0 Å². The largest absolute Gasteiger partial charge is 0.313 e. The molecule has 0 aromatic heterocycles. The van der Waals surface area contributed by atoms with Crippen LogP contribution in [0.1, 0.15) is 44.7 Å². The summed E-state index contributed by atoms with van der Waals surface area (Å²) in [4.78, 5) is 17.9. The molecular weight excluding hydrogens is 991 g/mol. The van der Waals surface area contributed by atoms with E-state index in [-0.39, 0.29) is 11.5 Å². The van der Waals surface area contributed by atoms with Gasteiger partial charge in [-0.1, -0.05) is 198 Å². The van der Waals surface area contributed by atoms with Gasteiger partial charge >= 0.3 is 0 Å². The summed E-state index contributed by atoms with van der Waals surface area (Å²) in [6.07, 6.45) is 18.9. The Morgan fingerprint density at radius 2 is 1.14 bits per heavy atom. The molecule has 74 heavy (non-hydrogen) atoms.